The van der Waals surface area contributed by atoms with Crippen LogP contribution < -0.4 is 4.74 Å². The van der Waals surface area contributed by atoms with E-state index in [0.29, 0.717) is 0 Å². The molecule has 0 aromatic heterocycles. The first-order valence-corrected chi connectivity index (χ1v) is 6.65. The van der Waals surface area contributed by atoms with Crippen molar-refractivity contribution in [3.63, 3.8) is 0 Å². The summed E-state index contributed by atoms with van der Waals surface area (Å²) in [6, 6.07) is 4.35. The van der Waals surface area contributed by atoms with Gasteiger partial charge < -0.3 is 9.47 Å². The van der Waals surface area contributed by atoms with E-state index >= 15 is 0 Å². The number of thioether (sulfide) groups is 1. The summed E-state index contributed by atoms with van der Waals surface area (Å²) in [4.78, 5) is 11.2. The Kier molecular flexibility index (Phi) is 5.90. The summed E-state index contributed by atoms with van der Waals surface area (Å²) in [6.07, 6.45) is -0.424. The molecule has 1 aromatic rings. The van der Waals surface area contributed by atoms with E-state index in [4.69, 9.17) is 14.7 Å². The summed E-state index contributed by atoms with van der Waals surface area (Å²) in [5.41, 5.74) is -4.63. The Balaban J connectivity index is 3.34. The predicted molar refractivity (Wildman–Crippen MR) is 70.0 cm³/mol. The zero-order chi connectivity index (χ0) is 16.0. The van der Waals surface area contributed by atoms with Crippen molar-refractivity contribution in [2.24, 2.45) is 0 Å². The van der Waals surface area contributed by atoms with E-state index in [1.165, 1.54) is 19.2 Å². The third kappa shape index (κ3) is 4.86. The number of nitrogens with zero attached hydrogens (tertiary/aromatic N) is 1. The van der Waals surface area contributed by atoms with Crippen LogP contribution in [0, 0.1) is 11.3 Å². The average molecular weight is 319 g/mol. The molecule has 0 heterocycles. The molecular weight excluding hydrogens is 307 g/mol. The molecule has 0 atom stereocenters. The molecule has 1 aromatic carbocycles. The van der Waals surface area contributed by atoms with E-state index in [9.17, 15) is 18.0 Å². The molecule has 0 N–H and O–H groups in total. The number of alkyl halides is 3. The van der Waals surface area contributed by atoms with Crippen LogP contribution in [-0.2, 0) is 16.0 Å². The molecule has 0 saturated carbocycles. The minimum Gasteiger partial charge on any atom is -0.496 e. The smallest absolute Gasteiger partial charge is 0.446 e. The Hall–Kier alpha value is -1.88. The highest BCUT2D eigenvalue weighted by atomic mass is 32.2. The lowest BCUT2D eigenvalue weighted by molar-refractivity contribution is -0.142. The molecule has 0 spiro atoms. The van der Waals surface area contributed by atoms with E-state index in [0.717, 1.165) is 0 Å². The van der Waals surface area contributed by atoms with Crippen molar-refractivity contribution in [3.05, 3.63) is 23.3 Å². The zero-order valence-corrected chi connectivity index (χ0v) is 12.1. The van der Waals surface area contributed by atoms with Gasteiger partial charge in [-0.3, -0.25) is 4.79 Å². The summed E-state index contributed by atoms with van der Waals surface area (Å²) >= 11 is -0.416. The summed E-state index contributed by atoms with van der Waals surface area (Å²) in [6.45, 7) is 1.69. The lowest BCUT2D eigenvalue weighted by Gasteiger charge is -2.15. The minimum atomic E-state index is -4.56. The first-order valence-electron chi connectivity index (χ1n) is 5.83. The van der Waals surface area contributed by atoms with Gasteiger partial charge in [-0.15, -0.1) is 0 Å². The third-order valence-corrected chi connectivity index (χ3v) is 3.29. The Morgan fingerprint density at radius 1 is 1.43 bits per heavy atom. The van der Waals surface area contributed by atoms with Crippen LogP contribution in [-0.4, -0.2) is 25.2 Å². The van der Waals surface area contributed by atoms with Crippen molar-refractivity contribution >= 4 is 17.7 Å². The fraction of sp³-hybridized carbons (Fsp3) is 0.385. The number of esters is 1. The molecule has 0 fully saturated rings. The van der Waals surface area contributed by atoms with Crippen LogP contribution in [0.15, 0.2) is 17.0 Å². The lowest BCUT2D eigenvalue weighted by Crippen LogP contribution is -2.11. The maximum atomic E-state index is 12.7. The van der Waals surface area contributed by atoms with E-state index in [-0.39, 0.29) is 28.4 Å². The SMILES string of the molecule is CCOC(=O)Cc1c(C#N)ccc(OC)c1SC(F)(F)F. The molecule has 114 valence electrons. The highest BCUT2D eigenvalue weighted by molar-refractivity contribution is 8.00. The van der Waals surface area contributed by atoms with Gasteiger partial charge in [-0.1, -0.05) is 0 Å². The quantitative estimate of drug-likeness (QED) is 0.616. The number of halogens is 3. The highest BCUT2D eigenvalue weighted by Gasteiger charge is 2.33. The van der Waals surface area contributed by atoms with E-state index in [2.05, 4.69) is 0 Å². The number of hydrogen-bond donors (Lipinski definition) is 0. The molecular formula is C13H12F3NO3S. The molecule has 0 amide bonds. The van der Waals surface area contributed by atoms with Crippen LogP contribution in [0.2, 0.25) is 0 Å². The van der Waals surface area contributed by atoms with Crippen LogP contribution in [0.1, 0.15) is 18.1 Å². The standard InChI is InChI=1S/C13H12F3NO3S/c1-3-20-11(18)6-9-8(7-17)4-5-10(19-2)12(9)21-13(14,15)16/h4-5H,3,6H2,1-2H3. The molecule has 21 heavy (non-hydrogen) atoms. The van der Waals surface area contributed by atoms with Crippen molar-refractivity contribution in [2.45, 2.75) is 23.7 Å². The van der Waals surface area contributed by atoms with Gasteiger partial charge in [0.25, 0.3) is 0 Å². The second-order valence-corrected chi connectivity index (χ2v) is 4.84. The van der Waals surface area contributed by atoms with E-state index < -0.39 is 29.7 Å². The topological polar surface area (TPSA) is 59.3 Å². The van der Waals surface area contributed by atoms with Gasteiger partial charge in [0.1, 0.15) is 5.75 Å². The summed E-state index contributed by atoms with van der Waals surface area (Å²) < 4.78 is 47.6. The van der Waals surface area contributed by atoms with Crippen molar-refractivity contribution in [1.29, 1.82) is 5.26 Å². The Labute approximate surface area is 123 Å². The van der Waals surface area contributed by atoms with Crippen LogP contribution in [0.4, 0.5) is 13.2 Å². The number of ether oxygens (including phenoxy) is 2. The molecule has 0 saturated heterocycles. The Morgan fingerprint density at radius 3 is 2.57 bits per heavy atom. The minimum absolute atomic E-state index is 0.0180. The lowest BCUT2D eigenvalue weighted by atomic mass is 10.0. The average Bonchev–Trinajstić information content (AvgIpc) is 2.39. The van der Waals surface area contributed by atoms with Crippen molar-refractivity contribution < 1.29 is 27.4 Å². The molecule has 0 radical (unpaired) electrons. The number of carbonyl (C=O) groups excluding carboxylic acids is 1. The van der Waals surface area contributed by atoms with Crippen LogP contribution >= 0.6 is 11.8 Å². The maximum absolute atomic E-state index is 12.7. The number of hydrogen-bond acceptors (Lipinski definition) is 5. The molecule has 0 aliphatic heterocycles. The van der Waals surface area contributed by atoms with Gasteiger partial charge in [0, 0.05) is 0 Å². The highest BCUT2D eigenvalue weighted by Crippen LogP contribution is 2.44. The van der Waals surface area contributed by atoms with Crippen LogP contribution in [0.3, 0.4) is 0 Å². The van der Waals surface area contributed by atoms with Gasteiger partial charge in [0.2, 0.25) is 0 Å². The Morgan fingerprint density at radius 2 is 2.10 bits per heavy atom. The Bertz CT molecular complexity index is 567. The largest absolute Gasteiger partial charge is 0.496 e. The fourth-order valence-corrected chi connectivity index (χ4v) is 2.42. The maximum Gasteiger partial charge on any atom is 0.446 e. The first-order chi connectivity index (χ1) is 9.82. The van der Waals surface area contributed by atoms with Crippen LogP contribution in [0.25, 0.3) is 0 Å². The van der Waals surface area contributed by atoms with Gasteiger partial charge >= 0.3 is 11.5 Å². The second-order valence-electron chi connectivity index (χ2n) is 3.76. The van der Waals surface area contributed by atoms with Crippen molar-refractivity contribution in [1.82, 2.24) is 0 Å². The van der Waals surface area contributed by atoms with Crippen molar-refractivity contribution in [2.75, 3.05) is 13.7 Å². The van der Waals surface area contributed by atoms with Crippen LogP contribution in [0.5, 0.6) is 5.75 Å². The van der Waals surface area contributed by atoms with Gasteiger partial charge in [0.05, 0.1) is 36.7 Å². The third-order valence-electron chi connectivity index (χ3n) is 2.41. The number of methoxy groups -OCH3 is 1. The number of rotatable bonds is 5. The molecule has 0 unspecified atom stereocenters. The molecule has 1 rings (SSSR count). The van der Waals surface area contributed by atoms with E-state index in [1.807, 2.05) is 0 Å². The zero-order valence-electron chi connectivity index (χ0n) is 11.3. The number of benzene rings is 1. The monoisotopic (exact) mass is 319 g/mol. The number of nitriles is 1. The molecule has 0 aliphatic carbocycles. The van der Waals surface area contributed by atoms with Gasteiger partial charge in [0.15, 0.2) is 0 Å². The summed E-state index contributed by atoms with van der Waals surface area (Å²) in [5, 5.41) is 9.01. The number of carbonyl (C=O) groups is 1. The molecule has 4 nitrogen and oxygen atoms in total. The first kappa shape index (κ1) is 17.2. The summed E-state index contributed by atoms with van der Waals surface area (Å²) in [7, 11) is 1.22. The fourth-order valence-electron chi connectivity index (χ4n) is 1.63. The van der Waals surface area contributed by atoms with Crippen molar-refractivity contribution in [3.8, 4) is 11.8 Å². The summed E-state index contributed by atoms with van der Waals surface area (Å²) in [5.74, 6) is -0.748. The normalized spacial score (nSPS) is 10.9. The predicted octanol–water partition coefficient (Wildman–Crippen LogP) is 3.28. The van der Waals surface area contributed by atoms with Gasteiger partial charge in [-0.25, -0.2) is 0 Å². The van der Waals surface area contributed by atoms with Gasteiger partial charge in [-0.05, 0) is 36.4 Å². The van der Waals surface area contributed by atoms with Gasteiger partial charge in [-0.2, -0.15) is 18.4 Å². The molecule has 8 heteroatoms. The van der Waals surface area contributed by atoms with E-state index in [1.54, 1.807) is 13.0 Å². The molecule has 0 aliphatic rings. The molecule has 0 bridgehead atoms. The second kappa shape index (κ2) is 7.22.